The molecule has 0 spiro atoms. The summed E-state index contributed by atoms with van der Waals surface area (Å²) in [6, 6.07) is 5.12. The molecule has 0 aliphatic heterocycles. The lowest BCUT2D eigenvalue weighted by Crippen LogP contribution is -2.37. The molecule has 0 unspecified atom stereocenters. The zero-order valence-electron chi connectivity index (χ0n) is 12.5. The number of hydrogen-bond donors (Lipinski definition) is 1. The van der Waals surface area contributed by atoms with Crippen LogP contribution in [0.2, 0.25) is 0 Å². The van der Waals surface area contributed by atoms with Crippen LogP contribution in [0.4, 0.5) is 0 Å². The first-order valence-corrected chi connectivity index (χ1v) is 9.11. The molecular weight excluding hydrogens is 304 g/mol. The van der Waals surface area contributed by atoms with E-state index in [9.17, 15) is 8.42 Å². The molecule has 0 saturated heterocycles. The molecule has 0 atom stereocenters. The summed E-state index contributed by atoms with van der Waals surface area (Å²) in [4.78, 5) is 0.530. The third kappa shape index (κ3) is 3.44. The van der Waals surface area contributed by atoms with Crippen LogP contribution in [0.25, 0.3) is 0 Å². The highest BCUT2D eigenvalue weighted by molar-refractivity contribution is 7.89. The van der Waals surface area contributed by atoms with E-state index in [1.807, 2.05) is 6.92 Å². The number of aryl methyl sites for hydroxylation is 1. The predicted molar refractivity (Wildman–Crippen MR) is 88.8 cm³/mol. The molecule has 1 aromatic carbocycles. The Morgan fingerprint density at radius 2 is 2.10 bits per heavy atom. The number of hydrogen-bond acceptors (Lipinski definition) is 3. The summed E-state index contributed by atoms with van der Waals surface area (Å²) < 4.78 is 27.3. The van der Waals surface area contributed by atoms with E-state index < -0.39 is 10.0 Å². The van der Waals surface area contributed by atoms with Gasteiger partial charge in [-0.2, -0.15) is 4.31 Å². The molecule has 0 amide bonds. The van der Waals surface area contributed by atoms with Gasteiger partial charge in [0.1, 0.15) is 4.99 Å². The van der Waals surface area contributed by atoms with Gasteiger partial charge in [0.2, 0.25) is 10.0 Å². The summed E-state index contributed by atoms with van der Waals surface area (Å²) in [6.45, 7) is 4.77. The van der Waals surface area contributed by atoms with Gasteiger partial charge in [0.15, 0.2) is 0 Å². The molecule has 0 heterocycles. The summed E-state index contributed by atoms with van der Waals surface area (Å²) in [5.41, 5.74) is 6.93. The predicted octanol–water partition coefficient (Wildman–Crippen LogP) is 2.44. The Balaban J connectivity index is 2.36. The standard InChI is InChI=1S/C15H22N2O2S2/c1-3-17(10-12-5-4-6-12)21(18,19)14-9-13(15(16)20)8-7-11(14)2/h7-9,12H,3-6,10H2,1-2H3,(H2,16,20). The Hall–Kier alpha value is -0.980. The lowest BCUT2D eigenvalue weighted by molar-refractivity contribution is 0.250. The van der Waals surface area contributed by atoms with Gasteiger partial charge in [0.05, 0.1) is 4.90 Å². The van der Waals surface area contributed by atoms with E-state index >= 15 is 0 Å². The molecule has 1 fully saturated rings. The Kier molecular flexibility index (Phi) is 5.01. The number of rotatable bonds is 6. The van der Waals surface area contributed by atoms with Crippen molar-refractivity contribution in [3.63, 3.8) is 0 Å². The number of nitrogens with zero attached hydrogens (tertiary/aromatic N) is 1. The van der Waals surface area contributed by atoms with Crippen LogP contribution in [-0.4, -0.2) is 30.8 Å². The first kappa shape index (κ1) is 16.4. The van der Waals surface area contributed by atoms with Gasteiger partial charge in [-0.3, -0.25) is 0 Å². The Morgan fingerprint density at radius 3 is 2.57 bits per heavy atom. The average molecular weight is 326 g/mol. The second-order valence-corrected chi connectivity index (χ2v) is 7.94. The van der Waals surface area contributed by atoms with Crippen molar-refractivity contribution in [3.05, 3.63) is 29.3 Å². The molecule has 1 saturated carbocycles. The third-order valence-corrected chi connectivity index (χ3v) is 6.45. The molecule has 6 heteroatoms. The van der Waals surface area contributed by atoms with Crippen LogP contribution < -0.4 is 5.73 Å². The van der Waals surface area contributed by atoms with Crippen LogP contribution in [0.15, 0.2) is 23.1 Å². The molecule has 0 aromatic heterocycles. The monoisotopic (exact) mass is 326 g/mol. The van der Waals surface area contributed by atoms with Gasteiger partial charge in [-0.15, -0.1) is 0 Å². The van der Waals surface area contributed by atoms with Crippen LogP contribution in [0.1, 0.15) is 37.3 Å². The van der Waals surface area contributed by atoms with Gasteiger partial charge < -0.3 is 5.73 Å². The highest BCUT2D eigenvalue weighted by Crippen LogP contribution is 2.30. The van der Waals surface area contributed by atoms with E-state index in [1.165, 1.54) is 6.42 Å². The molecule has 0 radical (unpaired) electrons. The molecular formula is C15H22N2O2S2. The largest absolute Gasteiger partial charge is 0.389 e. The number of thiocarbonyl (C=S) groups is 1. The topological polar surface area (TPSA) is 63.4 Å². The van der Waals surface area contributed by atoms with Crippen molar-refractivity contribution in [1.29, 1.82) is 0 Å². The van der Waals surface area contributed by atoms with Crippen LogP contribution in [0.3, 0.4) is 0 Å². The van der Waals surface area contributed by atoms with E-state index in [4.69, 9.17) is 18.0 Å². The van der Waals surface area contributed by atoms with E-state index in [-0.39, 0.29) is 4.99 Å². The maximum atomic E-state index is 12.9. The second-order valence-electron chi connectivity index (χ2n) is 5.60. The third-order valence-electron chi connectivity index (χ3n) is 4.13. The molecule has 0 bridgehead atoms. The maximum Gasteiger partial charge on any atom is 0.243 e. The first-order chi connectivity index (χ1) is 9.86. The minimum absolute atomic E-state index is 0.216. The highest BCUT2D eigenvalue weighted by atomic mass is 32.2. The van der Waals surface area contributed by atoms with Crippen molar-refractivity contribution in [1.82, 2.24) is 4.31 Å². The Labute approximate surface area is 132 Å². The fourth-order valence-electron chi connectivity index (χ4n) is 2.53. The maximum absolute atomic E-state index is 12.9. The zero-order valence-corrected chi connectivity index (χ0v) is 14.1. The molecule has 2 rings (SSSR count). The van der Waals surface area contributed by atoms with Crippen LogP contribution in [0, 0.1) is 12.8 Å². The number of sulfonamides is 1. The Bertz CT molecular complexity index is 637. The van der Waals surface area contributed by atoms with Crippen LogP contribution in [0.5, 0.6) is 0 Å². The molecule has 2 N–H and O–H groups in total. The molecule has 1 aromatic rings. The summed E-state index contributed by atoms with van der Waals surface area (Å²) in [7, 11) is -3.49. The molecule has 21 heavy (non-hydrogen) atoms. The SMILES string of the molecule is CCN(CC1CCC1)S(=O)(=O)c1cc(C(N)=S)ccc1C. The lowest BCUT2D eigenvalue weighted by Gasteiger charge is -2.31. The molecule has 1 aliphatic rings. The minimum atomic E-state index is -3.49. The number of benzene rings is 1. The van der Waals surface area contributed by atoms with Gasteiger partial charge in [-0.1, -0.05) is 37.7 Å². The van der Waals surface area contributed by atoms with Crippen molar-refractivity contribution >= 4 is 27.2 Å². The quantitative estimate of drug-likeness (QED) is 0.816. The van der Waals surface area contributed by atoms with E-state index in [2.05, 4.69) is 0 Å². The molecule has 1 aliphatic carbocycles. The number of nitrogens with two attached hydrogens (primary N) is 1. The fraction of sp³-hybridized carbons (Fsp3) is 0.533. The summed E-state index contributed by atoms with van der Waals surface area (Å²) in [5, 5.41) is 0. The molecule has 116 valence electrons. The van der Waals surface area contributed by atoms with E-state index in [0.717, 1.165) is 18.4 Å². The van der Waals surface area contributed by atoms with Crippen LogP contribution >= 0.6 is 12.2 Å². The van der Waals surface area contributed by atoms with Crippen molar-refractivity contribution in [2.75, 3.05) is 13.1 Å². The summed E-state index contributed by atoms with van der Waals surface area (Å²) in [6.07, 6.45) is 3.45. The molecule has 4 nitrogen and oxygen atoms in total. The van der Waals surface area contributed by atoms with Gasteiger partial charge >= 0.3 is 0 Å². The van der Waals surface area contributed by atoms with Crippen LogP contribution in [-0.2, 0) is 10.0 Å². The van der Waals surface area contributed by atoms with E-state index in [0.29, 0.717) is 29.5 Å². The summed E-state index contributed by atoms with van der Waals surface area (Å²) >= 11 is 4.95. The normalized spacial score (nSPS) is 16.0. The van der Waals surface area contributed by atoms with Crippen molar-refractivity contribution in [3.8, 4) is 0 Å². The van der Waals surface area contributed by atoms with Gasteiger partial charge in [-0.05, 0) is 37.3 Å². The van der Waals surface area contributed by atoms with Gasteiger partial charge in [-0.25, -0.2) is 8.42 Å². The van der Waals surface area contributed by atoms with Gasteiger partial charge in [0, 0.05) is 18.7 Å². The van der Waals surface area contributed by atoms with Crippen molar-refractivity contribution in [2.45, 2.75) is 38.0 Å². The van der Waals surface area contributed by atoms with Gasteiger partial charge in [0.25, 0.3) is 0 Å². The highest BCUT2D eigenvalue weighted by Gasteiger charge is 2.29. The first-order valence-electron chi connectivity index (χ1n) is 7.27. The van der Waals surface area contributed by atoms with Crippen molar-refractivity contribution in [2.24, 2.45) is 11.7 Å². The minimum Gasteiger partial charge on any atom is -0.389 e. The summed E-state index contributed by atoms with van der Waals surface area (Å²) in [5.74, 6) is 0.499. The smallest absolute Gasteiger partial charge is 0.243 e. The van der Waals surface area contributed by atoms with Crippen molar-refractivity contribution < 1.29 is 8.42 Å². The Morgan fingerprint density at radius 1 is 1.43 bits per heavy atom. The second kappa shape index (κ2) is 6.42. The fourth-order valence-corrected chi connectivity index (χ4v) is 4.43. The van der Waals surface area contributed by atoms with E-state index in [1.54, 1.807) is 29.4 Å². The lowest BCUT2D eigenvalue weighted by atomic mass is 9.85. The average Bonchev–Trinajstić information content (AvgIpc) is 2.37. The zero-order chi connectivity index (χ0) is 15.6.